The van der Waals surface area contributed by atoms with Crippen LogP contribution < -0.4 is 18.5 Å². The molecule has 0 saturated heterocycles. The lowest BCUT2D eigenvalue weighted by Gasteiger charge is -2.31. The Morgan fingerprint density at radius 3 is 1.80 bits per heavy atom. The van der Waals surface area contributed by atoms with Gasteiger partial charge in [0.15, 0.2) is 0 Å². The summed E-state index contributed by atoms with van der Waals surface area (Å²) >= 11 is 0. The number of methoxy groups -OCH3 is 3. The first-order valence-electron chi connectivity index (χ1n) is 9.37. The minimum atomic E-state index is -3.87. The quantitative estimate of drug-likeness (QED) is 0.523. The Labute approximate surface area is 177 Å². The van der Waals surface area contributed by atoms with E-state index in [1.165, 1.54) is 11.4 Å². The van der Waals surface area contributed by atoms with Crippen molar-refractivity contribution in [1.29, 1.82) is 0 Å². The maximum atomic E-state index is 13.7. The van der Waals surface area contributed by atoms with Crippen LogP contribution in [0.2, 0.25) is 0 Å². The minimum absolute atomic E-state index is 0.175. The summed E-state index contributed by atoms with van der Waals surface area (Å²) in [6.45, 7) is 1.85. The lowest BCUT2D eigenvalue weighted by atomic mass is 10.1. The van der Waals surface area contributed by atoms with Gasteiger partial charge in [-0.3, -0.25) is 4.31 Å². The van der Waals surface area contributed by atoms with Gasteiger partial charge >= 0.3 is 0 Å². The molecule has 0 aliphatic carbocycles. The first-order valence-corrected chi connectivity index (χ1v) is 10.8. The van der Waals surface area contributed by atoms with Gasteiger partial charge in [0.25, 0.3) is 10.0 Å². The second-order valence-corrected chi connectivity index (χ2v) is 8.44. The molecule has 0 radical (unpaired) electrons. The van der Waals surface area contributed by atoms with Gasteiger partial charge in [-0.2, -0.15) is 0 Å². The van der Waals surface area contributed by atoms with Gasteiger partial charge in [-0.25, -0.2) is 8.42 Å². The van der Waals surface area contributed by atoms with Gasteiger partial charge in [-0.05, 0) is 73.2 Å². The summed E-state index contributed by atoms with van der Waals surface area (Å²) in [4.78, 5) is 0.175. The van der Waals surface area contributed by atoms with Crippen LogP contribution in [0.25, 0.3) is 0 Å². The molecule has 0 spiro atoms. The first kappa shape index (κ1) is 21.5. The highest BCUT2D eigenvalue weighted by molar-refractivity contribution is 7.92. The molecule has 30 heavy (non-hydrogen) atoms. The number of nitrogens with zero attached hydrogens (tertiary/aromatic N) is 1. The van der Waals surface area contributed by atoms with Crippen molar-refractivity contribution in [3.8, 4) is 17.2 Å². The molecule has 7 heteroatoms. The Morgan fingerprint density at radius 2 is 1.27 bits per heavy atom. The van der Waals surface area contributed by atoms with Crippen LogP contribution in [-0.2, 0) is 10.0 Å². The third-order valence-corrected chi connectivity index (χ3v) is 6.78. The Balaban J connectivity index is 2.12. The van der Waals surface area contributed by atoms with Gasteiger partial charge in [-0.1, -0.05) is 12.1 Å². The molecule has 3 aromatic carbocycles. The summed E-state index contributed by atoms with van der Waals surface area (Å²) < 4.78 is 44.5. The SMILES string of the molecule is COc1ccc(N([C@H](C)c2cccc(OC)c2)S(=O)(=O)c2ccc(OC)cc2)cc1. The zero-order chi connectivity index (χ0) is 21.7. The molecular formula is C23H25NO5S. The Morgan fingerprint density at radius 1 is 0.733 bits per heavy atom. The largest absolute Gasteiger partial charge is 0.497 e. The van der Waals surface area contributed by atoms with Crippen LogP contribution in [-0.4, -0.2) is 29.7 Å². The molecule has 3 rings (SSSR count). The fourth-order valence-electron chi connectivity index (χ4n) is 3.20. The van der Waals surface area contributed by atoms with Crippen LogP contribution >= 0.6 is 0 Å². The van der Waals surface area contributed by atoms with Crippen molar-refractivity contribution in [2.75, 3.05) is 25.6 Å². The monoisotopic (exact) mass is 427 g/mol. The van der Waals surface area contributed by atoms with E-state index >= 15 is 0 Å². The van der Waals surface area contributed by atoms with Crippen LogP contribution in [0.3, 0.4) is 0 Å². The average molecular weight is 428 g/mol. The molecule has 158 valence electrons. The predicted octanol–water partition coefficient (Wildman–Crippen LogP) is 4.67. The first-order chi connectivity index (χ1) is 14.4. The standard InChI is InChI=1S/C23H25NO5S/c1-17(18-6-5-7-22(16-18)29-4)24(19-8-10-20(27-2)11-9-19)30(25,26)23-14-12-21(28-3)13-15-23/h5-17H,1-4H3/t17-/m1/s1. The molecule has 1 atom stereocenters. The normalized spacial score (nSPS) is 12.1. The molecule has 0 N–H and O–H groups in total. The summed E-state index contributed by atoms with van der Waals surface area (Å²) in [5, 5.41) is 0. The number of ether oxygens (including phenoxy) is 3. The van der Waals surface area contributed by atoms with Crippen molar-refractivity contribution in [3.05, 3.63) is 78.4 Å². The van der Waals surface area contributed by atoms with Crippen molar-refractivity contribution in [3.63, 3.8) is 0 Å². The van der Waals surface area contributed by atoms with Crippen LogP contribution in [0.4, 0.5) is 5.69 Å². The van der Waals surface area contributed by atoms with E-state index in [4.69, 9.17) is 14.2 Å². The lowest BCUT2D eigenvalue weighted by molar-refractivity contribution is 0.414. The zero-order valence-corrected chi connectivity index (χ0v) is 18.2. The highest BCUT2D eigenvalue weighted by Gasteiger charge is 2.30. The van der Waals surface area contributed by atoms with E-state index in [-0.39, 0.29) is 4.90 Å². The molecule has 0 aromatic heterocycles. The zero-order valence-electron chi connectivity index (χ0n) is 17.4. The summed E-state index contributed by atoms with van der Waals surface area (Å²) in [7, 11) is 0.822. The summed E-state index contributed by atoms with van der Waals surface area (Å²) in [6, 6.07) is 20.2. The molecule has 0 heterocycles. The lowest BCUT2D eigenvalue weighted by Crippen LogP contribution is -2.33. The molecule has 0 unspecified atom stereocenters. The molecular weight excluding hydrogens is 402 g/mol. The fourth-order valence-corrected chi connectivity index (χ4v) is 4.84. The van der Waals surface area contributed by atoms with E-state index in [1.807, 2.05) is 31.2 Å². The Bertz CT molecular complexity index is 1080. The number of sulfonamides is 1. The van der Waals surface area contributed by atoms with Gasteiger partial charge < -0.3 is 14.2 Å². The maximum Gasteiger partial charge on any atom is 0.264 e. The molecule has 0 aliphatic rings. The van der Waals surface area contributed by atoms with Crippen molar-refractivity contribution in [2.24, 2.45) is 0 Å². The van der Waals surface area contributed by atoms with Gasteiger partial charge in [-0.15, -0.1) is 0 Å². The van der Waals surface area contributed by atoms with Crippen molar-refractivity contribution in [2.45, 2.75) is 17.9 Å². The molecule has 0 bridgehead atoms. The van der Waals surface area contributed by atoms with Crippen LogP contribution in [0.5, 0.6) is 17.2 Å². The smallest absolute Gasteiger partial charge is 0.264 e. The number of rotatable bonds is 8. The number of hydrogen-bond donors (Lipinski definition) is 0. The van der Waals surface area contributed by atoms with Gasteiger partial charge in [0.05, 0.1) is 38.0 Å². The van der Waals surface area contributed by atoms with E-state index in [2.05, 4.69) is 0 Å². The van der Waals surface area contributed by atoms with Gasteiger partial charge in [0, 0.05) is 0 Å². The van der Waals surface area contributed by atoms with Gasteiger partial charge in [0.1, 0.15) is 17.2 Å². The summed E-state index contributed by atoms with van der Waals surface area (Å²) in [5.74, 6) is 1.90. The Hall–Kier alpha value is -3.19. The van der Waals surface area contributed by atoms with Crippen LogP contribution in [0.1, 0.15) is 18.5 Å². The highest BCUT2D eigenvalue weighted by atomic mass is 32.2. The van der Waals surface area contributed by atoms with E-state index < -0.39 is 16.1 Å². The summed E-state index contributed by atoms with van der Waals surface area (Å²) in [5.41, 5.74) is 1.34. The van der Waals surface area contributed by atoms with Crippen LogP contribution in [0, 0.1) is 0 Å². The molecule has 6 nitrogen and oxygen atoms in total. The van der Waals surface area contributed by atoms with E-state index in [0.717, 1.165) is 5.56 Å². The highest BCUT2D eigenvalue weighted by Crippen LogP contribution is 2.35. The van der Waals surface area contributed by atoms with Gasteiger partial charge in [0.2, 0.25) is 0 Å². The third kappa shape index (κ3) is 4.36. The average Bonchev–Trinajstić information content (AvgIpc) is 2.79. The summed E-state index contributed by atoms with van der Waals surface area (Å²) in [6.07, 6.45) is 0. The fraction of sp³-hybridized carbons (Fsp3) is 0.217. The number of anilines is 1. The predicted molar refractivity (Wildman–Crippen MR) is 117 cm³/mol. The maximum absolute atomic E-state index is 13.7. The second-order valence-electron chi connectivity index (χ2n) is 6.63. The molecule has 3 aromatic rings. The van der Waals surface area contributed by atoms with Crippen LogP contribution in [0.15, 0.2) is 77.7 Å². The molecule has 0 amide bonds. The van der Waals surface area contributed by atoms with E-state index in [9.17, 15) is 8.42 Å². The van der Waals surface area contributed by atoms with E-state index in [0.29, 0.717) is 22.9 Å². The van der Waals surface area contributed by atoms with Crippen molar-refractivity contribution >= 4 is 15.7 Å². The second kappa shape index (κ2) is 9.09. The topological polar surface area (TPSA) is 65.1 Å². The molecule has 0 fully saturated rings. The Kier molecular flexibility index (Phi) is 6.52. The molecule has 0 aliphatic heterocycles. The third-order valence-electron chi connectivity index (χ3n) is 4.87. The van der Waals surface area contributed by atoms with Crippen molar-refractivity contribution < 1.29 is 22.6 Å². The van der Waals surface area contributed by atoms with Crippen molar-refractivity contribution in [1.82, 2.24) is 0 Å². The minimum Gasteiger partial charge on any atom is -0.497 e. The molecule has 0 saturated carbocycles. The number of hydrogen-bond acceptors (Lipinski definition) is 5. The number of benzene rings is 3. The van der Waals surface area contributed by atoms with E-state index in [1.54, 1.807) is 62.8 Å².